The number of carbonyl (C=O) groups is 12. The van der Waals surface area contributed by atoms with Gasteiger partial charge in [0.2, 0.25) is 47.3 Å². The summed E-state index contributed by atoms with van der Waals surface area (Å²) in [4.78, 5) is 186. The second-order valence-electron chi connectivity index (χ2n) is 29.5. The predicted octanol–water partition coefficient (Wildman–Crippen LogP) is 7.85. The van der Waals surface area contributed by atoms with Crippen LogP contribution in [0.3, 0.4) is 0 Å². The van der Waals surface area contributed by atoms with Gasteiger partial charge in [-0.15, -0.1) is 0 Å². The van der Waals surface area contributed by atoms with Gasteiger partial charge in [0.25, 0.3) is 0 Å². The maximum Gasteiger partial charge on any atom is 0.335 e. The number of Topliss-reactive ketones (excluding diaryl/α,β-unsaturated/α-hetero) is 3. The van der Waals surface area contributed by atoms with Crippen LogP contribution in [-0.4, -0.2) is 219 Å². The molecule has 0 aliphatic carbocycles. The Hall–Kier alpha value is -6.84. The summed E-state index contributed by atoms with van der Waals surface area (Å²) in [5, 5.41) is 24.9. The fraction of sp³-hybridized carbons (Fsp3) is 0.726. The van der Waals surface area contributed by atoms with Crippen LogP contribution in [-0.2, 0) is 59.2 Å². The maximum absolute atomic E-state index is 15.5. The molecule has 1 aromatic rings. The van der Waals surface area contributed by atoms with Crippen LogP contribution in [0.5, 0.6) is 0 Å². The first-order valence-corrected chi connectivity index (χ1v) is 34.4. The monoisotopic (exact) mass is 1330 g/mol. The molecule has 22 nitrogen and oxygen atoms in total. The van der Waals surface area contributed by atoms with Gasteiger partial charge in [0, 0.05) is 92.8 Å². The molecule has 0 aromatic heterocycles. The van der Waals surface area contributed by atoms with Crippen molar-refractivity contribution < 1.29 is 67.7 Å². The molecule has 3 N–H and O–H groups in total. The van der Waals surface area contributed by atoms with Crippen molar-refractivity contribution in [2.75, 3.05) is 49.3 Å². The van der Waals surface area contributed by atoms with Crippen LogP contribution in [0.2, 0.25) is 0 Å². The third kappa shape index (κ3) is 23.2. The maximum atomic E-state index is 15.5. The second kappa shape index (κ2) is 38.2. The number of aliphatic hydroxyl groups is 1. The predicted molar refractivity (Wildman–Crippen MR) is 368 cm³/mol. The number of carboxylic acid groups (broad SMARTS) is 1. The first-order chi connectivity index (χ1) is 44.0. The van der Waals surface area contributed by atoms with Crippen LogP contribution >= 0.6 is 0 Å². The Morgan fingerprint density at radius 2 is 0.916 bits per heavy atom. The minimum Gasteiger partial charge on any atom is -0.478 e. The van der Waals surface area contributed by atoms with Crippen LogP contribution in [0.4, 0.5) is 0 Å². The molecule has 0 bridgehead atoms. The smallest absolute Gasteiger partial charge is 0.335 e. The zero-order chi connectivity index (χ0) is 73.1. The van der Waals surface area contributed by atoms with E-state index in [0.717, 1.165) is 4.90 Å². The van der Waals surface area contributed by atoms with Gasteiger partial charge < -0.3 is 49.8 Å². The van der Waals surface area contributed by atoms with Gasteiger partial charge in [-0.3, -0.25) is 52.7 Å². The van der Waals surface area contributed by atoms with E-state index < -0.39 is 167 Å². The zero-order valence-corrected chi connectivity index (χ0v) is 61.9. The number of benzene rings is 1. The van der Waals surface area contributed by atoms with Crippen molar-refractivity contribution in [1.82, 2.24) is 39.6 Å². The molecule has 0 spiro atoms. The fourth-order valence-electron chi connectivity index (χ4n) is 12.9. The van der Waals surface area contributed by atoms with E-state index in [1.807, 2.05) is 61.5 Å². The lowest BCUT2D eigenvalue weighted by molar-refractivity contribution is -0.157. The molecule has 1 aliphatic heterocycles. The van der Waals surface area contributed by atoms with Gasteiger partial charge in [0.1, 0.15) is 36.3 Å². The summed E-state index contributed by atoms with van der Waals surface area (Å²) in [5.41, 5.74) is 0.440. The standard InChI is InChI=1S/C73H120N8O14/c1-25-27-28-47(15)64(85)63-61(84)39-51(26-2)67(88)78(21)58(38-50-29-31-52(32-30-50)73(94)95)70(91)76(19)55(34-42(5)6)60(83)40-53(45(11)12)68(89)75(18)54(33-41(3)4)59(82)37-48(16)65(86)74-49(17)66(87)77(20)56(35-43(7)8)69(90)79(22)57(36-44(9)10)71(92)80(23)62(46(13)14)72(93)81(63)24/h25,27,29-32,41-49,51,53-58,62-64,85H,26,28,33-40H2,1-24H3,(H,74,86)(H,94,95)/b27-25+/t47-,48-,49-,51-,53+,54+,55+,56+,57+,58-,62+,63-,64-/m1/s1. The number of nitrogens with zero attached hydrogens (tertiary/aromatic N) is 7. The number of likely N-dealkylation sites (N-methyl/N-ethyl adjacent to an activating group) is 7. The van der Waals surface area contributed by atoms with Crippen LogP contribution < -0.4 is 5.32 Å². The van der Waals surface area contributed by atoms with Gasteiger partial charge in [-0.2, -0.15) is 0 Å². The van der Waals surface area contributed by atoms with Crippen LogP contribution in [0, 0.1) is 59.2 Å². The normalized spacial score (nSPS) is 26.3. The minimum atomic E-state index is -1.57. The molecular formula is C73H120N8O14. The summed E-state index contributed by atoms with van der Waals surface area (Å²) in [6.07, 6.45) is 1.76. The molecule has 22 heteroatoms. The first kappa shape index (κ1) is 84.2. The van der Waals surface area contributed by atoms with E-state index in [4.69, 9.17) is 0 Å². The first-order valence-electron chi connectivity index (χ1n) is 34.4. The van der Waals surface area contributed by atoms with E-state index in [9.17, 15) is 34.2 Å². The number of amides is 8. The number of aromatic carboxylic acids is 1. The zero-order valence-electron chi connectivity index (χ0n) is 61.9. The number of allylic oxidation sites excluding steroid dienone is 2. The quantitative estimate of drug-likeness (QED) is 0.118. The van der Waals surface area contributed by atoms with Crippen molar-refractivity contribution in [3.63, 3.8) is 0 Å². The molecular weight excluding hydrogens is 1210 g/mol. The van der Waals surface area contributed by atoms with E-state index in [0.29, 0.717) is 12.0 Å². The molecule has 0 radical (unpaired) electrons. The van der Waals surface area contributed by atoms with Crippen molar-refractivity contribution in [2.24, 2.45) is 59.2 Å². The van der Waals surface area contributed by atoms with E-state index in [1.165, 1.54) is 110 Å². The van der Waals surface area contributed by atoms with Gasteiger partial charge in [0.15, 0.2) is 17.3 Å². The van der Waals surface area contributed by atoms with Gasteiger partial charge in [-0.25, -0.2) is 4.79 Å². The Bertz CT molecular complexity index is 2830. The number of nitrogens with one attached hydrogen (secondary N) is 1. The molecule has 13 atom stereocenters. The topological polar surface area (TPSA) is 280 Å². The molecule has 95 heavy (non-hydrogen) atoms. The molecule has 1 saturated heterocycles. The average molecular weight is 1330 g/mol. The third-order valence-corrected chi connectivity index (χ3v) is 19.0. The van der Waals surface area contributed by atoms with Crippen LogP contribution in [0.1, 0.15) is 191 Å². The van der Waals surface area contributed by atoms with E-state index in [-0.39, 0.29) is 80.6 Å². The minimum absolute atomic E-state index is 0.0253. The number of rotatable bonds is 18. The van der Waals surface area contributed by atoms with E-state index in [1.54, 1.807) is 61.5 Å². The van der Waals surface area contributed by atoms with Gasteiger partial charge in [-0.1, -0.05) is 128 Å². The van der Waals surface area contributed by atoms with Gasteiger partial charge in [0.05, 0.1) is 23.8 Å². The second-order valence-corrected chi connectivity index (χ2v) is 29.5. The Kier molecular flexibility index (Phi) is 33.9. The third-order valence-electron chi connectivity index (χ3n) is 19.0. The van der Waals surface area contributed by atoms with Gasteiger partial charge >= 0.3 is 5.97 Å². The lowest BCUT2D eigenvalue weighted by Crippen LogP contribution is -2.61. The number of hydrogen-bond acceptors (Lipinski definition) is 13. The van der Waals surface area contributed by atoms with Crippen LogP contribution in [0.25, 0.3) is 0 Å². The fourth-order valence-corrected chi connectivity index (χ4v) is 12.9. The Morgan fingerprint density at radius 3 is 1.36 bits per heavy atom. The summed E-state index contributed by atoms with van der Waals surface area (Å²) in [7, 11) is 10.1. The molecule has 8 amide bonds. The summed E-state index contributed by atoms with van der Waals surface area (Å²) >= 11 is 0. The van der Waals surface area contributed by atoms with E-state index in [2.05, 4.69) is 5.32 Å². The highest BCUT2D eigenvalue weighted by Gasteiger charge is 2.46. The number of carboxylic acids is 1. The van der Waals surface area contributed by atoms with Crippen molar-refractivity contribution in [3.05, 3.63) is 47.5 Å². The van der Waals surface area contributed by atoms with Crippen molar-refractivity contribution in [1.29, 1.82) is 0 Å². The van der Waals surface area contributed by atoms with Crippen molar-refractivity contribution >= 4 is 70.6 Å². The van der Waals surface area contributed by atoms with Crippen LogP contribution in [0.15, 0.2) is 36.4 Å². The Morgan fingerprint density at radius 1 is 0.505 bits per heavy atom. The highest BCUT2D eigenvalue weighted by atomic mass is 16.4. The molecule has 1 aliphatic rings. The molecule has 1 aromatic carbocycles. The molecule has 2 rings (SSSR count). The Balaban J connectivity index is 3.17. The van der Waals surface area contributed by atoms with Gasteiger partial charge in [-0.05, 0) is 111 Å². The summed E-state index contributed by atoms with van der Waals surface area (Å²) in [5.74, 6) is -13.1. The lowest BCUT2D eigenvalue weighted by Gasteiger charge is -2.41. The SMILES string of the molecule is C/C=C/C[C@@H](C)[C@@H](O)[C@H]1C(=O)C[C@@H](CC)C(=O)N(C)[C@H](Cc2ccc(C(=O)O)cc2)C(=O)N(C)[C@@H](CC(C)C)C(=O)C[C@@H](C(C)C)C(=O)N(C)[C@@H](CC(C)C)C(=O)C[C@@H](C)C(=O)N[C@H](C)C(=O)N(C)[C@@H](CC(C)C)C(=O)N(C)[C@@H](CC(C)C)C(=O)N(C)[C@@H](C(C)C)C(=O)N1C. The highest BCUT2D eigenvalue weighted by Crippen LogP contribution is 2.30. The lowest BCUT2D eigenvalue weighted by atomic mass is 9.84. The van der Waals surface area contributed by atoms with Crippen molar-refractivity contribution in [2.45, 2.75) is 236 Å². The number of carbonyl (C=O) groups excluding carboxylic acids is 11. The van der Waals surface area contributed by atoms with Crippen molar-refractivity contribution in [3.8, 4) is 0 Å². The highest BCUT2D eigenvalue weighted by molar-refractivity contribution is 6.00. The molecule has 1 fully saturated rings. The average Bonchev–Trinajstić information content (AvgIpc) is 0.810. The summed E-state index contributed by atoms with van der Waals surface area (Å²) in [6.45, 7) is 30.3. The summed E-state index contributed by atoms with van der Waals surface area (Å²) < 4.78 is 0. The largest absolute Gasteiger partial charge is 0.478 e. The molecule has 536 valence electrons. The number of hydrogen-bond donors (Lipinski definition) is 3. The number of aliphatic hydroxyl groups excluding tert-OH is 1. The molecule has 1 heterocycles. The number of ketones is 3. The molecule has 0 unspecified atom stereocenters. The molecule has 0 saturated carbocycles. The Labute approximate surface area is 568 Å². The van der Waals surface area contributed by atoms with E-state index >= 15 is 33.6 Å². The summed E-state index contributed by atoms with van der Waals surface area (Å²) in [6, 6.07) is -4.10.